The third-order valence-electron chi connectivity index (χ3n) is 3.92. The topological polar surface area (TPSA) is 51.7 Å². The van der Waals surface area contributed by atoms with Gasteiger partial charge in [0.1, 0.15) is 11.5 Å². The molecule has 3 rings (SSSR count). The van der Waals surface area contributed by atoms with Gasteiger partial charge in [0.05, 0.1) is 5.56 Å². The highest BCUT2D eigenvalue weighted by Gasteiger charge is 2.30. The zero-order chi connectivity index (χ0) is 20.9. The number of halogens is 3. The summed E-state index contributed by atoms with van der Waals surface area (Å²) in [5, 5.41) is 0. The second-order valence-corrected chi connectivity index (χ2v) is 5.90. The van der Waals surface area contributed by atoms with Crippen LogP contribution in [-0.2, 0) is 6.18 Å². The van der Waals surface area contributed by atoms with Gasteiger partial charge in [-0.15, -0.1) is 0 Å². The number of ether oxygens (including phenoxy) is 2. The third kappa shape index (κ3) is 5.25. The second kappa shape index (κ2) is 8.64. The van der Waals surface area contributed by atoms with Crippen molar-refractivity contribution in [3.63, 3.8) is 0 Å². The minimum absolute atomic E-state index is 0.0176. The molecule has 29 heavy (non-hydrogen) atoms. The summed E-state index contributed by atoms with van der Waals surface area (Å²) in [4.78, 5) is 17.5. The minimum atomic E-state index is -4.46. The fraction of sp³-hybridized carbons (Fsp3) is 0.143. The highest BCUT2D eigenvalue weighted by Crippen LogP contribution is 2.30. The van der Waals surface area contributed by atoms with Crippen LogP contribution < -0.4 is 14.4 Å². The van der Waals surface area contributed by atoms with E-state index >= 15 is 0 Å². The summed E-state index contributed by atoms with van der Waals surface area (Å²) in [5.41, 5.74) is -0.140. The number of hydrogen-bond donors (Lipinski definition) is 0. The molecule has 0 N–H and O–H groups in total. The fourth-order valence-electron chi connectivity index (χ4n) is 2.49. The molecule has 0 saturated heterocycles. The van der Waals surface area contributed by atoms with Crippen LogP contribution in [-0.4, -0.2) is 17.6 Å². The standard InChI is InChI=1S/C21H17F3N2O3/c1-2-26(16-6-4-3-5-7-16)20(27)29-18-11-9-17(10-12-18)28-19-13-8-15(14-25-19)21(22,23)24/h3-14H,2H2,1H3. The maximum Gasteiger partial charge on any atom is 0.419 e. The maximum atomic E-state index is 12.6. The van der Waals surface area contributed by atoms with Gasteiger partial charge in [0.25, 0.3) is 0 Å². The van der Waals surface area contributed by atoms with Crippen molar-refractivity contribution in [3.8, 4) is 17.4 Å². The molecule has 0 aliphatic heterocycles. The molecule has 150 valence electrons. The Morgan fingerprint density at radius 1 is 0.966 bits per heavy atom. The molecule has 0 unspecified atom stereocenters. The number of pyridine rings is 1. The molecule has 0 aliphatic carbocycles. The van der Waals surface area contributed by atoms with Crippen molar-refractivity contribution < 1.29 is 27.4 Å². The molecule has 8 heteroatoms. The van der Waals surface area contributed by atoms with E-state index in [2.05, 4.69) is 4.98 Å². The van der Waals surface area contributed by atoms with Gasteiger partial charge in [-0.25, -0.2) is 9.78 Å². The van der Waals surface area contributed by atoms with Crippen LogP contribution in [0.2, 0.25) is 0 Å². The largest absolute Gasteiger partial charge is 0.439 e. The lowest BCUT2D eigenvalue weighted by Gasteiger charge is -2.20. The maximum absolute atomic E-state index is 12.6. The van der Waals surface area contributed by atoms with Crippen LogP contribution >= 0.6 is 0 Å². The molecule has 5 nitrogen and oxygen atoms in total. The predicted octanol–water partition coefficient (Wildman–Crippen LogP) is 5.92. The number of carbonyl (C=O) groups excluding carboxylic acids is 1. The molecule has 0 aliphatic rings. The summed E-state index contributed by atoms with van der Waals surface area (Å²) in [7, 11) is 0. The van der Waals surface area contributed by atoms with Crippen molar-refractivity contribution in [2.24, 2.45) is 0 Å². The van der Waals surface area contributed by atoms with Crippen molar-refractivity contribution in [2.45, 2.75) is 13.1 Å². The number of aromatic nitrogens is 1. The van der Waals surface area contributed by atoms with Gasteiger partial charge >= 0.3 is 12.3 Å². The molecular formula is C21H17F3N2O3. The molecule has 1 heterocycles. The molecule has 0 bridgehead atoms. The Morgan fingerprint density at radius 2 is 1.62 bits per heavy atom. The minimum Gasteiger partial charge on any atom is -0.439 e. The Labute approximate surface area is 165 Å². The molecule has 3 aromatic rings. The van der Waals surface area contributed by atoms with E-state index in [1.807, 2.05) is 25.1 Å². The predicted molar refractivity (Wildman–Crippen MR) is 101 cm³/mol. The van der Waals surface area contributed by atoms with E-state index in [1.54, 1.807) is 12.1 Å². The highest BCUT2D eigenvalue weighted by molar-refractivity contribution is 5.89. The van der Waals surface area contributed by atoms with Crippen molar-refractivity contribution in [1.29, 1.82) is 0 Å². The van der Waals surface area contributed by atoms with Crippen LogP contribution in [0.25, 0.3) is 0 Å². The van der Waals surface area contributed by atoms with Gasteiger partial charge in [-0.1, -0.05) is 18.2 Å². The molecule has 0 fully saturated rings. The number of alkyl halides is 3. The summed E-state index contributed by atoms with van der Waals surface area (Å²) >= 11 is 0. The molecule has 2 aromatic carbocycles. The number of amides is 1. The number of nitrogens with zero attached hydrogens (tertiary/aromatic N) is 2. The van der Waals surface area contributed by atoms with Gasteiger partial charge in [0.2, 0.25) is 5.88 Å². The van der Waals surface area contributed by atoms with Gasteiger partial charge in [-0.3, -0.25) is 4.90 Å². The Morgan fingerprint density at radius 3 is 2.17 bits per heavy atom. The molecule has 0 radical (unpaired) electrons. The first-order valence-corrected chi connectivity index (χ1v) is 8.72. The number of para-hydroxylation sites is 1. The number of carbonyl (C=O) groups is 1. The molecular weight excluding hydrogens is 385 g/mol. The lowest BCUT2D eigenvalue weighted by Crippen LogP contribution is -2.33. The molecule has 0 saturated carbocycles. The van der Waals surface area contributed by atoms with E-state index < -0.39 is 17.8 Å². The molecule has 0 spiro atoms. The average molecular weight is 402 g/mol. The van der Waals surface area contributed by atoms with Crippen LogP contribution in [0.4, 0.5) is 23.7 Å². The highest BCUT2D eigenvalue weighted by atomic mass is 19.4. The number of anilines is 1. The Hall–Kier alpha value is -3.55. The number of rotatable bonds is 5. The summed E-state index contributed by atoms with van der Waals surface area (Å²) in [5.74, 6) is 0.661. The first-order chi connectivity index (χ1) is 13.9. The van der Waals surface area contributed by atoms with Crippen LogP contribution in [0.5, 0.6) is 17.4 Å². The molecule has 1 amide bonds. The Bertz CT molecular complexity index is 944. The average Bonchev–Trinajstić information content (AvgIpc) is 2.71. The Kier molecular flexibility index (Phi) is 6.01. The molecule has 0 atom stereocenters. The first-order valence-electron chi connectivity index (χ1n) is 8.72. The van der Waals surface area contributed by atoms with E-state index in [-0.39, 0.29) is 5.88 Å². The van der Waals surface area contributed by atoms with Crippen LogP contribution in [0.15, 0.2) is 72.9 Å². The van der Waals surface area contributed by atoms with E-state index in [9.17, 15) is 18.0 Å². The lowest BCUT2D eigenvalue weighted by atomic mass is 10.3. The first kappa shape index (κ1) is 20.2. The van der Waals surface area contributed by atoms with Crippen LogP contribution in [0.1, 0.15) is 12.5 Å². The quantitative estimate of drug-likeness (QED) is 0.532. The molecule has 1 aromatic heterocycles. The van der Waals surface area contributed by atoms with Crippen molar-refractivity contribution in [2.75, 3.05) is 11.4 Å². The zero-order valence-corrected chi connectivity index (χ0v) is 15.4. The summed E-state index contributed by atoms with van der Waals surface area (Å²) < 4.78 is 48.5. The SMILES string of the molecule is CCN(C(=O)Oc1ccc(Oc2ccc(C(F)(F)F)cn2)cc1)c1ccccc1. The van der Waals surface area contributed by atoms with Crippen molar-refractivity contribution in [3.05, 3.63) is 78.5 Å². The Balaban J connectivity index is 1.63. The second-order valence-electron chi connectivity index (χ2n) is 5.90. The van der Waals surface area contributed by atoms with Crippen molar-refractivity contribution >= 4 is 11.8 Å². The smallest absolute Gasteiger partial charge is 0.419 e. The summed E-state index contributed by atoms with van der Waals surface area (Å²) in [6, 6.07) is 17.2. The van der Waals surface area contributed by atoms with Gasteiger partial charge in [-0.2, -0.15) is 13.2 Å². The normalized spacial score (nSPS) is 11.0. The monoisotopic (exact) mass is 402 g/mol. The summed E-state index contributed by atoms with van der Waals surface area (Å²) in [6.07, 6.45) is -4.28. The van der Waals surface area contributed by atoms with E-state index in [0.717, 1.165) is 12.1 Å². The number of hydrogen-bond acceptors (Lipinski definition) is 4. The van der Waals surface area contributed by atoms with Gasteiger partial charge in [-0.05, 0) is 49.4 Å². The van der Waals surface area contributed by atoms with Crippen molar-refractivity contribution in [1.82, 2.24) is 4.98 Å². The van der Waals surface area contributed by atoms with E-state index in [4.69, 9.17) is 9.47 Å². The van der Waals surface area contributed by atoms with Crippen LogP contribution in [0.3, 0.4) is 0 Å². The van der Waals surface area contributed by atoms with Crippen LogP contribution in [0, 0.1) is 0 Å². The summed E-state index contributed by atoms with van der Waals surface area (Å²) in [6.45, 7) is 2.27. The third-order valence-corrected chi connectivity index (χ3v) is 3.92. The fourth-order valence-corrected chi connectivity index (χ4v) is 2.49. The van der Waals surface area contributed by atoms with Gasteiger partial charge in [0, 0.05) is 24.5 Å². The van der Waals surface area contributed by atoms with Gasteiger partial charge < -0.3 is 9.47 Å². The number of benzene rings is 2. The van der Waals surface area contributed by atoms with E-state index in [0.29, 0.717) is 29.9 Å². The van der Waals surface area contributed by atoms with E-state index in [1.165, 1.54) is 29.2 Å². The van der Waals surface area contributed by atoms with Gasteiger partial charge in [0.15, 0.2) is 0 Å². The zero-order valence-electron chi connectivity index (χ0n) is 15.4. The lowest BCUT2D eigenvalue weighted by molar-refractivity contribution is -0.137.